The van der Waals surface area contributed by atoms with Gasteiger partial charge in [0, 0.05) is 37.9 Å². The van der Waals surface area contributed by atoms with E-state index in [2.05, 4.69) is 0 Å². The number of ketones is 1. The highest BCUT2D eigenvalue weighted by Crippen LogP contribution is 2.45. The SMILES string of the molecule is COc1ccc(C2(CC(=O)N3CCCC(C(C)=O)C3)CC(=O)N(C3CC3)C2=O)cc1. The molecule has 3 fully saturated rings. The first-order chi connectivity index (χ1) is 14.4. The summed E-state index contributed by atoms with van der Waals surface area (Å²) in [4.78, 5) is 54.5. The van der Waals surface area contributed by atoms with Gasteiger partial charge in [0.15, 0.2) is 0 Å². The van der Waals surface area contributed by atoms with Crippen LogP contribution >= 0.6 is 0 Å². The predicted octanol–water partition coefficient (Wildman–Crippen LogP) is 2.07. The lowest BCUT2D eigenvalue weighted by Gasteiger charge is -2.35. The van der Waals surface area contributed by atoms with Crippen molar-refractivity contribution in [2.45, 2.75) is 56.9 Å². The zero-order valence-corrected chi connectivity index (χ0v) is 17.6. The smallest absolute Gasteiger partial charge is 0.241 e. The van der Waals surface area contributed by atoms with Gasteiger partial charge in [0.1, 0.15) is 11.5 Å². The summed E-state index contributed by atoms with van der Waals surface area (Å²) in [5, 5.41) is 0. The van der Waals surface area contributed by atoms with Gasteiger partial charge in [-0.25, -0.2) is 0 Å². The van der Waals surface area contributed by atoms with Crippen molar-refractivity contribution in [3.8, 4) is 5.75 Å². The summed E-state index contributed by atoms with van der Waals surface area (Å²) in [6.45, 7) is 2.53. The van der Waals surface area contributed by atoms with Crippen LogP contribution in [0.3, 0.4) is 0 Å². The number of likely N-dealkylation sites (tertiary alicyclic amines) is 2. The van der Waals surface area contributed by atoms with Crippen molar-refractivity contribution in [1.82, 2.24) is 9.80 Å². The van der Waals surface area contributed by atoms with E-state index in [1.807, 2.05) is 0 Å². The van der Waals surface area contributed by atoms with Crippen molar-refractivity contribution in [2.75, 3.05) is 20.2 Å². The van der Waals surface area contributed by atoms with Crippen molar-refractivity contribution in [1.29, 1.82) is 0 Å². The second kappa shape index (κ2) is 7.85. The van der Waals surface area contributed by atoms with Crippen LogP contribution in [-0.4, -0.2) is 59.5 Å². The molecule has 7 heteroatoms. The number of Topliss-reactive ketones (excluding diaryl/α,β-unsaturated/α-hetero) is 1. The number of ether oxygens (including phenoxy) is 1. The molecule has 7 nitrogen and oxygen atoms in total. The third kappa shape index (κ3) is 3.61. The molecule has 3 aliphatic rings. The van der Waals surface area contributed by atoms with Crippen LogP contribution in [-0.2, 0) is 24.6 Å². The summed E-state index contributed by atoms with van der Waals surface area (Å²) in [6, 6.07) is 7.04. The van der Waals surface area contributed by atoms with Crippen LogP contribution in [0.1, 0.15) is 51.0 Å². The zero-order valence-electron chi connectivity index (χ0n) is 17.6. The topological polar surface area (TPSA) is 84.0 Å². The molecule has 2 atom stereocenters. The van der Waals surface area contributed by atoms with Crippen molar-refractivity contribution in [3.05, 3.63) is 29.8 Å². The van der Waals surface area contributed by atoms with E-state index in [0.29, 0.717) is 24.4 Å². The lowest BCUT2D eigenvalue weighted by molar-refractivity contribution is -0.144. The average Bonchev–Trinajstić information content (AvgIpc) is 3.54. The number of benzene rings is 1. The van der Waals surface area contributed by atoms with Gasteiger partial charge in [-0.05, 0) is 50.3 Å². The van der Waals surface area contributed by atoms with Crippen molar-refractivity contribution >= 4 is 23.5 Å². The van der Waals surface area contributed by atoms with Gasteiger partial charge in [-0.3, -0.25) is 24.1 Å². The summed E-state index contributed by atoms with van der Waals surface area (Å²) >= 11 is 0. The summed E-state index contributed by atoms with van der Waals surface area (Å²) in [5.74, 6) is -0.0557. The average molecular weight is 412 g/mol. The maximum atomic E-state index is 13.5. The first kappa shape index (κ1) is 20.6. The summed E-state index contributed by atoms with van der Waals surface area (Å²) in [6.07, 6.45) is 3.16. The van der Waals surface area contributed by atoms with Crippen LogP contribution in [0.25, 0.3) is 0 Å². The van der Waals surface area contributed by atoms with Gasteiger partial charge in [-0.2, -0.15) is 0 Å². The summed E-state index contributed by atoms with van der Waals surface area (Å²) < 4.78 is 5.22. The first-order valence-corrected chi connectivity index (χ1v) is 10.6. The number of hydrogen-bond donors (Lipinski definition) is 0. The Morgan fingerprint density at radius 3 is 2.43 bits per heavy atom. The van der Waals surface area contributed by atoms with E-state index in [-0.39, 0.29) is 48.3 Å². The highest BCUT2D eigenvalue weighted by atomic mass is 16.5. The van der Waals surface area contributed by atoms with E-state index in [4.69, 9.17) is 4.74 Å². The Hall–Kier alpha value is -2.70. The van der Waals surface area contributed by atoms with Crippen LogP contribution in [0.15, 0.2) is 24.3 Å². The van der Waals surface area contributed by atoms with Crippen LogP contribution in [0.4, 0.5) is 0 Å². The molecule has 2 saturated heterocycles. The second-order valence-electron chi connectivity index (χ2n) is 8.75. The maximum Gasteiger partial charge on any atom is 0.241 e. The van der Waals surface area contributed by atoms with Crippen LogP contribution in [0, 0.1) is 5.92 Å². The standard InChI is InChI=1S/C23H28N2O5/c1-15(26)16-4-3-11-24(14-16)20(27)12-23(17-5-9-19(30-2)10-6-17)13-21(28)25(22(23)29)18-7-8-18/h5-6,9-10,16,18H,3-4,7-8,11-14H2,1-2H3. The van der Waals surface area contributed by atoms with E-state index >= 15 is 0 Å². The van der Waals surface area contributed by atoms with E-state index in [0.717, 1.165) is 25.7 Å². The fourth-order valence-electron chi connectivity index (χ4n) is 4.75. The molecular formula is C23H28N2O5. The van der Waals surface area contributed by atoms with Crippen molar-refractivity contribution < 1.29 is 23.9 Å². The molecule has 1 aromatic carbocycles. The molecule has 0 bridgehead atoms. The molecule has 0 spiro atoms. The number of carbonyl (C=O) groups excluding carboxylic acids is 4. The Kier molecular flexibility index (Phi) is 5.38. The molecular weight excluding hydrogens is 384 g/mol. The second-order valence-corrected chi connectivity index (χ2v) is 8.75. The Bertz CT molecular complexity index is 876. The van der Waals surface area contributed by atoms with Gasteiger partial charge >= 0.3 is 0 Å². The lowest BCUT2D eigenvalue weighted by Crippen LogP contribution is -2.47. The monoisotopic (exact) mass is 412 g/mol. The molecule has 160 valence electrons. The van der Waals surface area contributed by atoms with Crippen LogP contribution in [0.2, 0.25) is 0 Å². The van der Waals surface area contributed by atoms with E-state index in [1.54, 1.807) is 43.2 Å². The Balaban J connectivity index is 1.64. The van der Waals surface area contributed by atoms with Crippen LogP contribution < -0.4 is 4.74 Å². The van der Waals surface area contributed by atoms with Crippen molar-refractivity contribution in [3.63, 3.8) is 0 Å². The quantitative estimate of drug-likeness (QED) is 0.668. The Morgan fingerprint density at radius 1 is 1.13 bits per heavy atom. The number of carbonyl (C=O) groups is 4. The van der Waals surface area contributed by atoms with Crippen molar-refractivity contribution in [2.24, 2.45) is 5.92 Å². The molecule has 2 heterocycles. The highest BCUT2D eigenvalue weighted by Gasteiger charge is 2.57. The van der Waals surface area contributed by atoms with Gasteiger partial charge in [0.05, 0.1) is 12.5 Å². The van der Waals surface area contributed by atoms with Gasteiger partial charge < -0.3 is 9.64 Å². The molecule has 1 aromatic rings. The number of imide groups is 1. The zero-order chi connectivity index (χ0) is 21.5. The largest absolute Gasteiger partial charge is 0.497 e. The van der Waals surface area contributed by atoms with Gasteiger partial charge in [0.25, 0.3) is 0 Å². The van der Waals surface area contributed by atoms with Gasteiger partial charge in [0.2, 0.25) is 17.7 Å². The summed E-state index contributed by atoms with van der Waals surface area (Å²) in [5.41, 5.74) is -0.523. The third-order valence-corrected chi connectivity index (χ3v) is 6.71. The molecule has 0 radical (unpaired) electrons. The molecule has 1 aliphatic carbocycles. The van der Waals surface area contributed by atoms with E-state index in [9.17, 15) is 19.2 Å². The number of rotatable bonds is 6. The Labute approximate surface area is 176 Å². The minimum absolute atomic E-state index is 0.00434. The maximum absolute atomic E-state index is 13.5. The van der Waals surface area contributed by atoms with Gasteiger partial charge in [-0.15, -0.1) is 0 Å². The number of piperidine rings is 1. The highest BCUT2D eigenvalue weighted by molar-refractivity contribution is 6.11. The lowest BCUT2D eigenvalue weighted by atomic mass is 9.75. The molecule has 0 N–H and O–H groups in total. The van der Waals surface area contributed by atoms with E-state index in [1.165, 1.54) is 4.90 Å². The molecule has 3 amide bonds. The minimum atomic E-state index is -1.19. The molecule has 0 aromatic heterocycles. The number of methoxy groups -OCH3 is 1. The number of hydrogen-bond acceptors (Lipinski definition) is 5. The van der Waals surface area contributed by atoms with E-state index < -0.39 is 5.41 Å². The molecule has 4 rings (SSSR count). The van der Waals surface area contributed by atoms with Gasteiger partial charge in [-0.1, -0.05) is 12.1 Å². The van der Waals surface area contributed by atoms with Crippen LogP contribution in [0.5, 0.6) is 5.75 Å². The first-order valence-electron chi connectivity index (χ1n) is 10.6. The number of nitrogens with zero attached hydrogens (tertiary/aromatic N) is 2. The fraction of sp³-hybridized carbons (Fsp3) is 0.565. The molecule has 2 unspecified atom stereocenters. The molecule has 1 saturated carbocycles. The fourth-order valence-corrected chi connectivity index (χ4v) is 4.75. The predicted molar refractivity (Wildman–Crippen MR) is 109 cm³/mol. The normalized spacial score (nSPS) is 26.8. The number of amides is 3. The third-order valence-electron chi connectivity index (χ3n) is 6.71. The molecule has 30 heavy (non-hydrogen) atoms. The Morgan fingerprint density at radius 2 is 1.83 bits per heavy atom. The molecule has 2 aliphatic heterocycles. The summed E-state index contributed by atoms with van der Waals surface area (Å²) in [7, 11) is 1.56. The minimum Gasteiger partial charge on any atom is -0.497 e.